The summed E-state index contributed by atoms with van der Waals surface area (Å²) in [6.45, 7) is 7.79. The van der Waals surface area contributed by atoms with Gasteiger partial charge in [0.25, 0.3) is 0 Å². The van der Waals surface area contributed by atoms with Crippen LogP contribution in [0.25, 0.3) is 33.3 Å². The van der Waals surface area contributed by atoms with E-state index in [1.165, 1.54) is 6.07 Å². The summed E-state index contributed by atoms with van der Waals surface area (Å²) in [5.41, 5.74) is 2.85. The van der Waals surface area contributed by atoms with Crippen LogP contribution in [0.15, 0.2) is 51.7 Å². The van der Waals surface area contributed by atoms with Gasteiger partial charge in [-0.15, -0.1) is 0 Å². The molecule has 0 aromatic heterocycles. The zero-order valence-electron chi connectivity index (χ0n) is 17.4. The van der Waals surface area contributed by atoms with Crippen molar-refractivity contribution >= 4 is 33.3 Å². The summed E-state index contributed by atoms with van der Waals surface area (Å²) in [4.78, 5) is 31.2. The van der Waals surface area contributed by atoms with E-state index in [0.29, 0.717) is 45.5 Å². The van der Waals surface area contributed by atoms with Gasteiger partial charge in [0.1, 0.15) is 23.6 Å². The maximum Gasteiger partial charge on any atom is 0.190 e. The second kappa shape index (κ2) is 8.14. The van der Waals surface area contributed by atoms with E-state index in [9.17, 15) is 9.59 Å². The Labute approximate surface area is 174 Å². The number of Topliss-reactive ketones (excluding diaryl/α,β-unsaturated/α-hetero) is 1. The fraction of sp³-hybridized carbons (Fsp3) is 0.292. The third-order valence-corrected chi connectivity index (χ3v) is 5.33. The normalized spacial score (nSPS) is 11.3. The van der Waals surface area contributed by atoms with Crippen LogP contribution in [0.5, 0.6) is 5.75 Å². The number of carbonyl (C=O) groups is 1. The second-order valence-electron chi connectivity index (χ2n) is 7.15. The zero-order valence-corrected chi connectivity index (χ0v) is 17.4. The Morgan fingerprint density at radius 1 is 1.03 bits per heavy atom. The molecule has 0 amide bonds. The van der Waals surface area contributed by atoms with Crippen molar-refractivity contribution in [2.75, 3.05) is 24.6 Å². The first-order valence-corrected chi connectivity index (χ1v) is 10.2. The van der Waals surface area contributed by atoms with Gasteiger partial charge in [-0.25, -0.2) is 4.98 Å². The molecule has 1 aliphatic carbocycles. The van der Waals surface area contributed by atoms with E-state index in [1.54, 1.807) is 25.1 Å². The third-order valence-electron chi connectivity index (χ3n) is 5.33. The smallest absolute Gasteiger partial charge is 0.190 e. The van der Waals surface area contributed by atoms with Crippen molar-refractivity contribution in [2.45, 2.75) is 27.2 Å². The van der Waals surface area contributed by atoms with Gasteiger partial charge in [0, 0.05) is 48.1 Å². The van der Waals surface area contributed by atoms with E-state index in [4.69, 9.17) is 14.1 Å². The Morgan fingerprint density at radius 3 is 2.57 bits per heavy atom. The monoisotopic (exact) mass is 404 g/mol. The van der Waals surface area contributed by atoms with E-state index < -0.39 is 0 Å². The SMILES string of the molecule is CCC(=O)COc1ccc2c(=O)cc3oc4cc(N(CC)CC)ccc4nc-3c2c1. The molecule has 0 radical (unpaired) electrons. The summed E-state index contributed by atoms with van der Waals surface area (Å²) in [7, 11) is 0. The molecule has 1 heterocycles. The van der Waals surface area contributed by atoms with Crippen LogP contribution in [0.2, 0.25) is 0 Å². The number of ketones is 1. The molecule has 0 spiro atoms. The molecule has 0 fully saturated rings. The Morgan fingerprint density at radius 2 is 1.83 bits per heavy atom. The first kappa shape index (κ1) is 19.9. The summed E-state index contributed by atoms with van der Waals surface area (Å²) in [6, 6.07) is 12.6. The van der Waals surface area contributed by atoms with Gasteiger partial charge < -0.3 is 14.1 Å². The number of hydrogen-bond donors (Lipinski definition) is 0. The lowest BCUT2D eigenvalue weighted by Crippen LogP contribution is -2.21. The summed E-state index contributed by atoms with van der Waals surface area (Å²) >= 11 is 0. The number of carbonyl (C=O) groups excluding carboxylic acids is 1. The highest BCUT2D eigenvalue weighted by Gasteiger charge is 2.17. The standard InChI is InChI=1S/C24H24N2O4/c1-4-16(27)14-29-17-8-9-18-19(12-17)24-23(13-21(18)28)30-22-11-15(26(5-2)6-3)7-10-20(22)25-24/h7-13H,4-6,14H2,1-3H3. The predicted octanol–water partition coefficient (Wildman–Crippen LogP) is 4.65. The molecule has 6 nitrogen and oxygen atoms in total. The fourth-order valence-electron chi connectivity index (χ4n) is 3.58. The van der Waals surface area contributed by atoms with E-state index >= 15 is 0 Å². The van der Waals surface area contributed by atoms with Gasteiger partial charge in [-0.2, -0.15) is 0 Å². The molecular weight excluding hydrogens is 380 g/mol. The maximum atomic E-state index is 12.6. The molecule has 0 saturated carbocycles. The van der Waals surface area contributed by atoms with Crippen molar-refractivity contribution < 1.29 is 13.9 Å². The van der Waals surface area contributed by atoms with Crippen LogP contribution >= 0.6 is 0 Å². The number of aromatic nitrogens is 1. The highest BCUT2D eigenvalue weighted by Crippen LogP contribution is 2.33. The van der Waals surface area contributed by atoms with Crippen LogP contribution in [0.3, 0.4) is 0 Å². The van der Waals surface area contributed by atoms with E-state index in [2.05, 4.69) is 18.7 Å². The summed E-state index contributed by atoms with van der Waals surface area (Å²) in [5.74, 6) is 0.967. The number of anilines is 1. The molecule has 0 unspecified atom stereocenters. The van der Waals surface area contributed by atoms with Gasteiger partial charge in [0.15, 0.2) is 22.6 Å². The van der Waals surface area contributed by atoms with E-state index in [0.717, 1.165) is 18.8 Å². The van der Waals surface area contributed by atoms with Crippen LogP contribution in [0.1, 0.15) is 27.2 Å². The van der Waals surface area contributed by atoms with Crippen molar-refractivity contribution in [3.63, 3.8) is 0 Å². The summed E-state index contributed by atoms with van der Waals surface area (Å²) < 4.78 is 11.7. The molecule has 0 atom stereocenters. The highest BCUT2D eigenvalue weighted by atomic mass is 16.5. The third kappa shape index (κ3) is 3.61. The van der Waals surface area contributed by atoms with Crippen LogP contribution < -0.4 is 15.1 Å². The van der Waals surface area contributed by atoms with Gasteiger partial charge in [0.05, 0.1) is 0 Å². The van der Waals surface area contributed by atoms with Gasteiger partial charge in [-0.3, -0.25) is 9.59 Å². The molecule has 2 aliphatic rings. The molecule has 0 bridgehead atoms. The van der Waals surface area contributed by atoms with Gasteiger partial charge in [-0.1, -0.05) is 6.92 Å². The van der Waals surface area contributed by atoms with E-state index in [1.807, 2.05) is 18.2 Å². The van der Waals surface area contributed by atoms with Crippen molar-refractivity contribution in [3.8, 4) is 17.2 Å². The minimum absolute atomic E-state index is 0.00583. The van der Waals surface area contributed by atoms with Gasteiger partial charge in [0.2, 0.25) is 0 Å². The minimum atomic E-state index is -0.140. The summed E-state index contributed by atoms with van der Waals surface area (Å²) in [5, 5.41) is 1.19. The van der Waals surface area contributed by atoms with Crippen molar-refractivity contribution in [3.05, 3.63) is 52.7 Å². The molecule has 0 saturated heterocycles. The molecule has 1 aliphatic heterocycles. The molecular formula is C24H24N2O4. The largest absolute Gasteiger partial charge is 0.486 e. The lowest BCUT2D eigenvalue weighted by Gasteiger charge is -2.21. The zero-order chi connectivity index (χ0) is 21.3. The molecule has 30 heavy (non-hydrogen) atoms. The Kier molecular flexibility index (Phi) is 5.40. The number of nitrogens with zero attached hydrogens (tertiary/aromatic N) is 2. The summed E-state index contributed by atoms with van der Waals surface area (Å²) in [6.07, 6.45) is 0.420. The van der Waals surface area contributed by atoms with Crippen LogP contribution in [-0.2, 0) is 4.79 Å². The molecule has 2 aromatic rings. The Balaban J connectivity index is 1.86. The molecule has 4 rings (SSSR count). The van der Waals surface area contributed by atoms with Crippen LogP contribution in [-0.4, -0.2) is 30.5 Å². The minimum Gasteiger partial charge on any atom is -0.486 e. The average molecular weight is 404 g/mol. The molecule has 6 heteroatoms. The number of rotatable bonds is 7. The fourth-order valence-corrected chi connectivity index (χ4v) is 3.58. The lowest BCUT2D eigenvalue weighted by molar-refractivity contribution is -0.120. The Hall–Kier alpha value is -3.41. The quantitative estimate of drug-likeness (QED) is 0.330. The van der Waals surface area contributed by atoms with Gasteiger partial charge in [-0.05, 0) is 44.2 Å². The second-order valence-corrected chi connectivity index (χ2v) is 7.15. The van der Waals surface area contributed by atoms with Crippen molar-refractivity contribution in [1.29, 1.82) is 0 Å². The van der Waals surface area contributed by atoms with Gasteiger partial charge >= 0.3 is 0 Å². The number of benzene rings is 3. The predicted molar refractivity (Wildman–Crippen MR) is 119 cm³/mol. The number of fused-ring (bicyclic) bond motifs is 4. The number of ether oxygens (including phenoxy) is 1. The maximum absolute atomic E-state index is 12.6. The molecule has 154 valence electrons. The van der Waals surface area contributed by atoms with E-state index in [-0.39, 0.29) is 17.8 Å². The molecule has 0 N–H and O–H groups in total. The lowest BCUT2D eigenvalue weighted by atomic mass is 10.0. The highest BCUT2D eigenvalue weighted by molar-refractivity contribution is 5.97. The first-order chi connectivity index (χ1) is 14.5. The Bertz CT molecular complexity index is 1260. The van der Waals surface area contributed by atoms with Crippen molar-refractivity contribution in [1.82, 2.24) is 4.98 Å². The van der Waals surface area contributed by atoms with Crippen LogP contribution in [0, 0.1) is 0 Å². The topological polar surface area (TPSA) is 72.6 Å². The first-order valence-electron chi connectivity index (χ1n) is 10.2. The molecule has 2 aromatic carbocycles. The number of hydrogen-bond acceptors (Lipinski definition) is 6. The van der Waals surface area contributed by atoms with Crippen LogP contribution in [0.4, 0.5) is 5.69 Å². The average Bonchev–Trinajstić information content (AvgIpc) is 2.77. The van der Waals surface area contributed by atoms with Crippen molar-refractivity contribution in [2.24, 2.45) is 0 Å².